The molecule has 2 aromatic rings. The molecule has 1 amide bonds. The normalized spacial score (nSPS) is 20.8. The van der Waals surface area contributed by atoms with Gasteiger partial charge in [0.2, 0.25) is 0 Å². The number of halogens is 1. The minimum Gasteiger partial charge on any atom is -0.453 e. The maximum Gasteiger partial charge on any atom is 0.409 e. The lowest BCUT2D eigenvalue weighted by atomic mass is 9.86. The van der Waals surface area contributed by atoms with Crippen LogP contribution < -0.4 is 5.56 Å². The van der Waals surface area contributed by atoms with Crippen molar-refractivity contribution < 1.29 is 18.4 Å². The average Bonchev–Trinajstić information content (AvgIpc) is 3.00. The Hall–Kier alpha value is -2.57. The topological polar surface area (TPSA) is 75.5 Å². The van der Waals surface area contributed by atoms with E-state index in [0.29, 0.717) is 31.6 Å². The summed E-state index contributed by atoms with van der Waals surface area (Å²) in [6.07, 6.45) is 1.41. The standard InChI is InChI=1S/C17H19FN2O4/c1-23-17(22)20-6-5-12(15-10-16(21)19-24-15)9-14(20)8-11-3-2-4-13(18)7-11/h2-4,7,10,12,14H,5-6,8-9H2,1H3,(H,19,21)/t12-,14+/m0/s1. The molecule has 0 unspecified atom stereocenters. The number of aromatic amines is 1. The summed E-state index contributed by atoms with van der Waals surface area (Å²) in [5.41, 5.74) is 0.534. The number of piperidine rings is 1. The number of likely N-dealkylation sites (tertiary alicyclic amines) is 1. The third kappa shape index (κ3) is 3.50. The van der Waals surface area contributed by atoms with Gasteiger partial charge in [-0.3, -0.25) is 4.79 Å². The summed E-state index contributed by atoms with van der Waals surface area (Å²) in [4.78, 5) is 25.0. The molecule has 0 bridgehead atoms. The van der Waals surface area contributed by atoms with Gasteiger partial charge in [0.1, 0.15) is 11.6 Å². The molecule has 1 N–H and O–H groups in total. The van der Waals surface area contributed by atoms with E-state index < -0.39 is 6.09 Å². The van der Waals surface area contributed by atoms with Crippen molar-refractivity contribution in [2.75, 3.05) is 13.7 Å². The molecule has 0 saturated carbocycles. The molecule has 0 aliphatic carbocycles. The zero-order chi connectivity index (χ0) is 17.1. The fourth-order valence-corrected chi connectivity index (χ4v) is 3.30. The molecule has 128 valence electrons. The fourth-order valence-electron chi connectivity index (χ4n) is 3.30. The molecule has 24 heavy (non-hydrogen) atoms. The van der Waals surface area contributed by atoms with Crippen LogP contribution in [-0.4, -0.2) is 35.8 Å². The Morgan fingerprint density at radius 2 is 2.29 bits per heavy atom. The predicted octanol–water partition coefficient (Wildman–Crippen LogP) is 2.66. The number of nitrogens with zero attached hydrogens (tertiary/aromatic N) is 1. The van der Waals surface area contributed by atoms with Gasteiger partial charge in [0.05, 0.1) is 7.11 Å². The lowest BCUT2D eigenvalue weighted by Gasteiger charge is -2.38. The number of hydrogen-bond donors (Lipinski definition) is 1. The molecule has 1 saturated heterocycles. The van der Waals surface area contributed by atoms with E-state index in [0.717, 1.165) is 5.56 Å². The maximum atomic E-state index is 13.4. The highest BCUT2D eigenvalue weighted by atomic mass is 19.1. The quantitative estimate of drug-likeness (QED) is 0.936. The molecule has 6 nitrogen and oxygen atoms in total. The molecule has 1 aliphatic heterocycles. The average molecular weight is 334 g/mol. The van der Waals surface area contributed by atoms with Gasteiger partial charge in [-0.2, -0.15) is 5.16 Å². The minimum absolute atomic E-state index is 0.0309. The van der Waals surface area contributed by atoms with Crippen molar-refractivity contribution in [2.24, 2.45) is 0 Å². The molecule has 2 heterocycles. The first-order chi connectivity index (χ1) is 11.6. The highest BCUT2D eigenvalue weighted by molar-refractivity contribution is 5.68. The van der Waals surface area contributed by atoms with Gasteiger partial charge >= 0.3 is 6.09 Å². The number of amides is 1. The van der Waals surface area contributed by atoms with E-state index in [1.54, 1.807) is 11.0 Å². The molecule has 0 spiro atoms. The number of hydrogen-bond acceptors (Lipinski definition) is 4. The third-order valence-electron chi connectivity index (χ3n) is 4.43. The van der Waals surface area contributed by atoms with Crippen molar-refractivity contribution >= 4 is 6.09 Å². The number of aromatic nitrogens is 1. The Morgan fingerprint density at radius 1 is 1.46 bits per heavy atom. The number of nitrogens with one attached hydrogen (secondary N) is 1. The summed E-state index contributed by atoms with van der Waals surface area (Å²) in [6.45, 7) is 0.492. The van der Waals surface area contributed by atoms with Crippen LogP contribution in [-0.2, 0) is 11.2 Å². The van der Waals surface area contributed by atoms with E-state index in [9.17, 15) is 14.0 Å². The number of ether oxygens (including phenoxy) is 1. The second-order valence-corrected chi connectivity index (χ2v) is 5.99. The smallest absolute Gasteiger partial charge is 0.409 e. The van der Waals surface area contributed by atoms with E-state index in [1.807, 2.05) is 6.07 Å². The molecular weight excluding hydrogens is 315 g/mol. The minimum atomic E-state index is -0.398. The highest BCUT2D eigenvalue weighted by Gasteiger charge is 2.34. The van der Waals surface area contributed by atoms with Crippen LogP contribution in [0.3, 0.4) is 0 Å². The van der Waals surface area contributed by atoms with Gasteiger partial charge < -0.3 is 14.2 Å². The van der Waals surface area contributed by atoms with Gasteiger partial charge in [0.25, 0.3) is 5.56 Å². The van der Waals surface area contributed by atoms with Crippen LogP contribution in [0.15, 0.2) is 39.6 Å². The second-order valence-electron chi connectivity index (χ2n) is 5.99. The van der Waals surface area contributed by atoms with E-state index in [2.05, 4.69) is 5.16 Å². The van der Waals surface area contributed by atoms with Crippen LogP contribution in [0.4, 0.5) is 9.18 Å². The van der Waals surface area contributed by atoms with Gasteiger partial charge in [-0.25, -0.2) is 9.18 Å². The van der Waals surface area contributed by atoms with E-state index in [-0.39, 0.29) is 23.3 Å². The van der Waals surface area contributed by atoms with Crippen LogP contribution in [0.5, 0.6) is 0 Å². The molecule has 2 atom stereocenters. The summed E-state index contributed by atoms with van der Waals surface area (Å²) in [7, 11) is 1.35. The first kappa shape index (κ1) is 16.3. The molecule has 1 aromatic carbocycles. The van der Waals surface area contributed by atoms with Gasteiger partial charge in [-0.15, -0.1) is 0 Å². The Bertz CT molecular complexity index is 770. The largest absolute Gasteiger partial charge is 0.453 e. The second kappa shape index (κ2) is 6.90. The molecule has 1 fully saturated rings. The fraction of sp³-hybridized carbons (Fsp3) is 0.412. The van der Waals surface area contributed by atoms with Crippen LogP contribution >= 0.6 is 0 Å². The zero-order valence-electron chi connectivity index (χ0n) is 13.3. The van der Waals surface area contributed by atoms with Crippen molar-refractivity contribution in [2.45, 2.75) is 31.2 Å². The van der Waals surface area contributed by atoms with Crippen molar-refractivity contribution in [3.63, 3.8) is 0 Å². The van der Waals surface area contributed by atoms with Gasteiger partial charge in [-0.05, 0) is 37.0 Å². The monoisotopic (exact) mass is 334 g/mol. The number of rotatable bonds is 3. The Kier molecular flexibility index (Phi) is 4.69. The van der Waals surface area contributed by atoms with Crippen molar-refractivity contribution in [3.8, 4) is 0 Å². The summed E-state index contributed by atoms with van der Waals surface area (Å²) >= 11 is 0. The summed E-state index contributed by atoms with van der Waals surface area (Å²) in [6, 6.07) is 7.63. The highest BCUT2D eigenvalue weighted by Crippen LogP contribution is 2.32. The molecular formula is C17H19FN2O4. The van der Waals surface area contributed by atoms with Crippen LogP contribution in [0.1, 0.15) is 30.1 Å². The number of methoxy groups -OCH3 is 1. The lowest BCUT2D eigenvalue weighted by Crippen LogP contribution is -2.46. The number of H-pyrrole nitrogens is 1. The predicted molar refractivity (Wildman–Crippen MR) is 84.3 cm³/mol. The maximum absolute atomic E-state index is 13.4. The molecule has 7 heteroatoms. The molecule has 0 radical (unpaired) electrons. The zero-order valence-corrected chi connectivity index (χ0v) is 13.3. The third-order valence-corrected chi connectivity index (χ3v) is 4.43. The van der Waals surface area contributed by atoms with E-state index in [1.165, 1.54) is 25.3 Å². The van der Waals surface area contributed by atoms with Crippen molar-refractivity contribution in [3.05, 3.63) is 57.8 Å². The Morgan fingerprint density at radius 3 is 2.96 bits per heavy atom. The SMILES string of the molecule is COC(=O)N1CC[C@H](c2cc(=O)[nH]o2)C[C@H]1Cc1cccc(F)c1. The molecule has 1 aliphatic rings. The molecule has 1 aromatic heterocycles. The van der Waals surface area contributed by atoms with E-state index >= 15 is 0 Å². The van der Waals surface area contributed by atoms with Gasteiger partial charge in [0, 0.05) is 24.6 Å². The molecule has 3 rings (SSSR count). The van der Waals surface area contributed by atoms with Crippen LogP contribution in [0.2, 0.25) is 0 Å². The number of carbonyl (C=O) groups is 1. The number of benzene rings is 1. The first-order valence-electron chi connectivity index (χ1n) is 7.84. The van der Waals surface area contributed by atoms with E-state index in [4.69, 9.17) is 9.26 Å². The van der Waals surface area contributed by atoms with Gasteiger partial charge in [-0.1, -0.05) is 12.1 Å². The number of carbonyl (C=O) groups excluding carboxylic acids is 1. The Labute approximate surface area is 138 Å². The van der Waals surface area contributed by atoms with Crippen LogP contribution in [0.25, 0.3) is 0 Å². The summed E-state index contributed by atoms with van der Waals surface area (Å²) in [5.74, 6) is 0.318. The van der Waals surface area contributed by atoms with Crippen molar-refractivity contribution in [1.29, 1.82) is 0 Å². The lowest BCUT2D eigenvalue weighted by molar-refractivity contribution is 0.0816. The summed E-state index contributed by atoms with van der Waals surface area (Å²) in [5, 5.41) is 2.30. The Balaban J connectivity index is 1.81. The first-order valence-corrected chi connectivity index (χ1v) is 7.84. The summed E-state index contributed by atoms with van der Waals surface area (Å²) < 4.78 is 23.5. The van der Waals surface area contributed by atoms with Crippen molar-refractivity contribution in [1.82, 2.24) is 10.1 Å². The van der Waals surface area contributed by atoms with Gasteiger partial charge in [0.15, 0.2) is 0 Å². The van der Waals surface area contributed by atoms with Crippen LogP contribution in [0, 0.1) is 5.82 Å².